The van der Waals surface area contributed by atoms with Crippen molar-refractivity contribution in [3.05, 3.63) is 28.2 Å². The lowest BCUT2D eigenvalue weighted by Crippen LogP contribution is -2.34. The molecule has 0 bridgehead atoms. The van der Waals surface area contributed by atoms with Gasteiger partial charge in [0.15, 0.2) is 0 Å². The fourth-order valence-electron chi connectivity index (χ4n) is 1.67. The molecule has 0 amide bonds. The minimum absolute atomic E-state index is 0.326. The van der Waals surface area contributed by atoms with Gasteiger partial charge < -0.3 is 15.6 Å². The summed E-state index contributed by atoms with van der Waals surface area (Å²) in [5.41, 5.74) is 5.23. The third kappa shape index (κ3) is 2.79. The van der Waals surface area contributed by atoms with Gasteiger partial charge in [-0.25, -0.2) is 0 Å². The minimum Gasteiger partial charge on any atom is -0.496 e. The molecular formula is C12H16BrNO3. The molecule has 17 heavy (non-hydrogen) atoms. The molecule has 0 saturated heterocycles. The van der Waals surface area contributed by atoms with Crippen LogP contribution in [0, 0.1) is 0 Å². The van der Waals surface area contributed by atoms with Crippen molar-refractivity contribution in [2.45, 2.75) is 18.8 Å². The molecule has 94 valence electrons. The number of hydrogen-bond donors (Lipinski definition) is 2. The SMILES string of the molecule is COc1ccc(C(C)(CCN)C(=O)O)cc1Br. The predicted octanol–water partition coefficient (Wildman–Crippen LogP) is 2.15. The first-order valence-corrected chi connectivity index (χ1v) is 6.02. The Morgan fingerprint density at radius 3 is 2.65 bits per heavy atom. The quantitative estimate of drug-likeness (QED) is 0.874. The van der Waals surface area contributed by atoms with Gasteiger partial charge in [0, 0.05) is 0 Å². The van der Waals surface area contributed by atoms with Crippen LogP contribution in [0.5, 0.6) is 5.75 Å². The number of carboxylic acids is 1. The Balaban J connectivity index is 3.20. The average Bonchev–Trinajstić information content (AvgIpc) is 2.28. The van der Waals surface area contributed by atoms with Crippen LogP contribution >= 0.6 is 15.9 Å². The third-order valence-electron chi connectivity index (χ3n) is 2.91. The van der Waals surface area contributed by atoms with E-state index < -0.39 is 11.4 Å². The topological polar surface area (TPSA) is 72.5 Å². The van der Waals surface area contributed by atoms with Gasteiger partial charge in [0.2, 0.25) is 0 Å². The maximum absolute atomic E-state index is 11.4. The molecule has 4 nitrogen and oxygen atoms in total. The molecule has 5 heteroatoms. The molecular weight excluding hydrogens is 286 g/mol. The van der Waals surface area contributed by atoms with E-state index in [9.17, 15) is 9.90 Å². The Morgan fingerprint density at radius 1 is 1.59 bits per heavy atom. The van der Waals surface area contributed by atoms with Crippen LogP contribution in [0.15, 0.2) is 22.7 Å². The van der Waals surface area contributed by atoms with Crippen LogP contribution in [-0.4, -0.2) is 24.7 Å². The summed E-state index contributed by atoms with van der Waals surface area (Å²) in [6, 6.07) is 5.27. The zero-order chi connectivity index (χ0) is 13.1. The van der Waals surface area contributed by atoms with Gasteiger partial charge in [-0.3, -0.25) is 4.79 Å². The molecule has 0 radical (unpaired) electrons. The molecule has 0 aliphatic heterocycles. The zero-order valence-corrected chi connectivity index (χ0v) is 11.5. The van der Waals surface area contributed by atoms with E-state index in [0.717, 1.165) is 4.47 Å². The molecule has 0 spiro atoms. The summed E-state index contributed by atoms with van der Waals surface area (Å²) in [5, 5.41) is 9.33. The standard InChI is InChI=1S/C12H16BrNO3/c1-12(5-6-14,11(15)16)8-3-4-10(17-2)9(13)7-8/h3-4,7H,5-6,14H2,1-2H3,(H,15,16). The first kappa shape index (κ1) is 14.0. The Hall–Kier alpha value is -1.07. The average molecular weight is 302 g/mol. The number of halogens is 1. The van der Waals surface area contributed by atoms with Crippen LogP contribution in [0.2, 0.25) is 0 Å². The van der Waals surface area contributed by atoms with E-state index in [0.29, 0.717) is 24.3 Å². The van der Waals surface area contributed by atoms with Gasteiger partial charge in [0.25, 0.3) is 0 Å². The van der Waals surface area contributed by atoms with Crippen molar-refractivity contribution >= 4 is 21.9 Å². The van der Waals surface area contributed by atoms with Gasteiger partial charge in [-0.2, -0.15) is 0 Å². The molecule has 0 heterocycles. The zero-order valence-electron chi connectivity index (χ0n) is 9.87. The molecule has 1 aromatic carbocycles. The summed E-state index contributed by atoms with van der Waals surface area (Å²) in [6.45, 7) is 2.00. The number of ether oxygens (including phenoxy) is 1. The van der Waals surface area contributed by atoms with Crippen molar-refractivity contribution in [3.8, 4) is 5.75 Å². The Kier molecular flexibility index (Phi) is 4.54. The van der Waals surface area contributed by atoms with E-state index in [1.54, 1.807) is 32.2 Å². The second-order valence-electron chi connectivity index (χ2n) is 4.03. The van der Waals surface area contributed by atoms with Crippen molar-refractivity contribution < 1.29 is 14.6 Å². The van der Waals surface area contributed by atoms with Crippen LogP contribution < -0.4 is 10.5 Å². The molecule has 0 fully saturated rings. The Morgan fingerprint density at radius 2 is 2.24 bits per heavy atom. The number of rotatable bonds is 5. The van der Waals surface area contributed by atoms with Gasteiger partial charge in [0.05, 0.1) is 17.0 Å². The molecule has 1 unspecified atom stereocenters. The summed E-state index contributed by atoms with van der Waals surface area (Å²) >= 11 is 3.35. The van der Waals surface area contributed by atoms with E-state index in [-0.39, 0.29) is 0 Å². The van der Waals surface area contributed by atoms with Crippen molar-refractivity contribution in [2.75, 3.05) is 13.7 Å². The third-order valence-corrected chi connectivity index (χ3v) is 3.53. The molecule has 0 aliphatic carbocycles. The molecule has 3 N–H and O–H groups in total. The highest BCUT2D eigenvalue weighted by Gasteiger charge is 2.34. The molecule has 0 aromatic heterocycles. The first-order chi connectivity index (χ1) is 7.95. The molecule has 1 aromatic rings. The van der Waals surface area contributed by atoms with Crippen molar-refractivity contribution in [1.82, 2.24) is 0 Å². The van der Waals surface area contributed by atoms with Gasteiger partial charge >= 0.3 is 5.97 Å². The van der Waals surface area contributed by atoms with E-state index >= 15 is 0 Å². The van der Waals surface area contributed by atoms with E-state index in [4.69, 9.17) is 10.5 Å². The maximum Gasteiger partial charge on any atom is 0.313 e. The van der Waals surface area contributed by atoms with Crippen molar-refractivity contribution in [1.29, 1.82) is 0 Å². The minimum atomic E-state index is -0.969. The van der Waals surface area contributed by atoms with Gasteiger partial charge in [-0.15, -0.1) is 0 Å². The number of methoxy groups -OCH3 is 1. The number of nitrogens with two attached hydrogens (primary N) is 1. The van der Waals surface area contributed by atoms with Crippen LogP contribution in [0.1, 0.15) is 18.9 Å². The number of carbonyl (C=O) groups is 1. The van der Waals surface area contributed by atoms with Crippen molar-refractivity contribution in [3.63, 3.8) is 0 Å². The fourth-order valence-corrected chi connectivity index (χ4v) is 2.21. The summed E-state index contributed by atoms with van der Waals surface area (Å²) in [7, 11) is 1.57. The summed E-state index contributed by atoms with van der Waals surface area (Å²) in [5.74, 6) is -0.200. The molecule has 0 saturated carbocycles. The molecule has 1 rings (SSSR count). The number of benzene rings is 1. The van der Waals surface area contributed by atoms with Gasteiger partial charge in [-0.1, -0.05) is 6.07 Å². The maximum atomic E-state index is 11.4. The van der Waals surface area contributed by atoms with E-state index in [2.05, 4.69) is 15.9 Å². The van der Waals surface area contributed by atoms with Crippen LogP contribution in [0.25, 0.3) is 0 Å². The number of hydrogen-bond acceptors (Lipinski definition) is 3. The summed E-state index contributed by atoms with van der Waals surface area (Å²) in [4.78, 5) is 11.4. The van der Waals surface area contributed by atoms with Crippen LogP contribution in [0.3, 0.4) is 0 Å². The van der Waals surface area contributed by atoms with Crippen LogP contribution in [-0.2, 0) is 10.2 Å². The largest absolute Gasteiger partial charge is 0.496 e. The lowest BCUT2D eigenvalue weighted by atomic mass is 9.79. The van der Waals surface area contributed by atoms with Gasteiger partial charge in [-0.05, 0) is 53.5 Å². The van der Waals surface area contributed by atoms with Crippen LogP contribution in [0.4, 0.5) is 0 Å². The second-order valence-corrected chi connectivity index (χ2v) is 4.88. The van der Waals surface area contributed by atoms with Crippen molar-refractivity contribution in [2.24, 2.45) is 5.73 Å². The highest BCUT2D eigenvalue weighted by molar-refractivity contribution is 9.10. The second kappa shape index (κ2) is 5.51. The first-order valence-electron chi connectivity index (χ1n) is 5.23. The van der Waals surface area contributed by atoms with E-state index in [1.807, 2.05) is 0 Å². The van der Waals surface area contributed by atoms with E-state index in [1.165, 1.54) is 0 Å². The Bertz CT molecular complexity index is 422. The normalized spacial score (nSPS) is 14.1. The monoisotopic (exact) mass is 301 g/mol. The highest BCUT2D eigenvalue weighted by Crippen LogP contribution is 2.33. The summed E-state index contributed by atoms with van der Waals surface area (Å²) in [6.07, 6.45) is 0.390. The lowest BCUT2D eigenvalue weighted by Gasteiger charge is -2.25. The lowest BCUT2D eigenvalue weighted by molar-refractivity contribution is -0.143. The highest BCUT2D eigenvalue weighted by atomic mass is 79.9. The number of carboxylic acid groups (broad SMARTS) is 1. The predicted molar refractivity (Wildman–Crippen MR) is 69.4 cm³/mol. The Labute approximate surface area is 109 Å². The summed E-state index contributed by atoms with van der Waals surface area (Å²) < 4.78 is 5.85. The van der Waals surface area contributed by atoms with Gasteiger partial charge in [0.1, 0.15) is 5.75 Å². The number of aliphatic carboxylic acids is 1. The molecule has 1 atom stereocenters. The molecule has 0 aliphatic rings. The smallest absolute Gasteiger partial charge is 0.313 e. The fraction of sp³-hybridized carbons (Fsp3) is 0.417.